The second-order valence-corrected chi connectivity index (χ2v) is 4.65. The molecule has 94 valence electrons. The van der Waals surface area contributed by atoms with E-state index in [0.717, 1.165) is 5.57 Å². The molecule has 17 heavy (non-hydrogen) atoms. The molecule has 0 bridgehead atoms. The molecule has 1 amide bonds. The van der Waals surface area contributed by atoms with Crippen molar-refractivity contribution in [3.05, 3.63) is 24.3 Å². The maximum Gasteiger partial charge on any atom is 0.307 e. The molecule has 4 heteroatoms. The van der Waals surface area contributed by atoms with E-state index in [4.69, 9.17) is 5.11 Å². The average molecular weight is 237 g/mol. The number of nitrogens with zero attached hydrogens (tertiary/aromatic N) is 1. The van der Waals surface area contributed by atoms with Crippen LogP contribution in [0.1, 0.15) is 19.8 Å². The summed E-state index contributed by atoms with van der Waals surface area (Å²) in [5.41, 5.74) is 0.888. The Morgan fingerprint density at radius 2 is 1.88 bits per heavy atom. The number of carboxylic acids is 1. The highest BCUT2D eigenvalue weighted by Gasteiger charge is 2.35. The number of carboxylic acid groups (broad SMARTS) is 1. The molecule has 0 unspecified atom stereocenters. The van der Waals surface area contributed by atoms with Gasteiger partial charge >= 0.3 is 5.97 Å². The Morgan fingerprint density at radius 1 is 1.35 bits per heavy atom. The van der Waals surface area contributed by atoms with E-state index in [2.05, 4.69) is 6.58 Å². The molecular weight excluding hydrogens is 218 g/mol. The van der Waals surface area contributed by atoms with E-state index in [9.17, 15) is 9.59 Å². The van der Waals surface area contributed by atoms with E-state index < -0.39 is 17.8 Å². The largest absolute Gasteiger partial charge is 0.481 e. The summed E-state index contributed by atoms with van der Waals surface area (Å²) < 4.78 is 0. The summed E-state index contributed by atoms with van der Waals surface area (Å²) in [5.74, 6) is -2.04. The van der Waals surface area contributed by atoms with E-state index >= 15 is 0 Å². The maximum absolute atomic E-state index is 12.1. The van der Waals surface area contributed by atoms with Crippen LogP contribution >= 0.6 is 0 Å². The number of carbonyl (C=O) groups excluding carboxylic acids is 1. The predicted octanol–water partition coefficient (Wildman–Crippen LogP) is 1.69. The van der Waals surface area contributed by atoms with Gasteiger partial charge in [-0.3, -0.25) is 9.59 Å². The lowest BCUT2D eigenvalue weighted by atomic mass is 9.82. The van der Waals surface area contributed by atoms with Crippen LogP contribution in [0.15, 0.2) is 24.3 Å². The number of aliphatic carboxylic acids is 1. The molecule has 0 aliphatic heterocycles. The molecule has 0 aromatic rings. The Kier molecular flexibility index (Phi) is 4.49. The van der Waals surface area contributed by atoms with Gasteiger partial charge in [0.2, 0.25) is 5.91 Å². The van der Waals surface area contributed by atoms with Gasteiger partial charge in [0.1, 0.15) is 0 Å². The van der Waals surface area contributed by atoms with Gasteiger partial charge in [0.15, 0.2) is 0 Å². The Hall–Kier alpha value is -1.58. The molecule has 1 rings (SSSR count). The third-order valence-electron chi connectivity index (χ3n) is 2.95. The third kappa shape index (κ3) is 3.44. The minimum absolute atomic E-state index is 0.107. The molecule has 0 aromatic heterocycles. The minimum atomic E-state index is -0.892. The zero-order chi connectivity index (χ0) is 13.0. The molecule has 1 aliphatic rings. The number of amides is 1. The molecule has 2 atom stereocenters. The quantitative estimate of drug-likeness (QED) is 0.757. The number of carbonyl (C=O) groups is 2. The van der Waals surface area contributed by atoms with Gasteiger partial charge < -0.3 is 10.0 Å². The van der Waals surface area contributed by atoms with E-state index in [1.807, 2.05) is 19.1 Å². The van der Waals surface area contributed by atoms with E-state index in [1.165, 1.54) is 0 Å². The summed E-state index contributed by atoms with van der Waals surface area (Å²) in [6.07, 6.45) is 4.67. The van der Waals surface area contributed by atoms with Gasteiger partial charge in [0.25, 0.3) is 0 Å². The highest BCUT2D eigenvalue weighted by atomic mass is 16.4. The summed E-state index contributed by atoms with van der Waals surface area (Å²) in [6, 6.07) is 0. The molecule has 0 aromatic carbocycles. The number of likely N-dealkylation sites (N-methyl/N-ethyl adjacent to an activating group) is 1. The van der Waals surface area contributed by atoms with Gasteiger partial charge in [-0.25, -0.2) is 0 Å². The highest BCUT2D eigenvalue weighted by Crippen LogP contribution is 2.27. The van der Waals surface area contributed by atoms with Gasteiger partial charge in [0, 0.05) is 13.6 Å². The molecular formula is C13H19NO3. The highest BCUT2D eigenvalue weighted by molar-refractivity contribution is 5.85. The first-order valence-corrected chi connectivity index (χ1v) is 5.70. The van der Waals surface area contributed by atoms with Crippen molar-refractivity contribution in [3.63, 3.8) is 0 Å². The normalized spacial score (nSPS) is 23.2. The van der Waals surface area contributed by atoms with Crippen LogP contribution in [0.4, 0.5) is 0 Å². The SMILES string of the molecule is C=C(C)CN(C)C(=O)[C@@H]1CC=CC[C@@H]1C(=O)O. The van der Waals surface area contributed by atoms with Crippen molar-refractivity contribution in [2.75, 3.05) is 13.6 Å². The second-order valence-electron chi connectivity index (χ2n) is 4.65. The first-order valence-electron chi connectivity index (χ1n) is 5.70. The van der Waals surface area contributed by atoms with Gasteiger partial charge in [-0.05, 0) is 19.8 Å². The molecule has 0 saturated heterocycles. The first kappa shape index (κ1) is 13.5. The van der Waals surface area contributed by atoms with Crippen LogP contribution in [0.2, 0.25) is 0 Å². The van der Waals surface area contributed by atoms with Crippen LogP contribution in [-0.2, 0) is 9.59 Å². The van der Waals surface area contributed by atoms with Gasteiger partial charge in [-0.1, -0.05) is 24.3 Å². The average Bonchev–Trinajstić information content (AvgIpc) is 2.27. The Balaban J connectivity index is 2.75. The predicted molar refractivity (Wildman–Crippen MR) is 65.4 cm³/mol. The molecule has 0 heterocycles. The van der Waals surface area contributed by atoms with Crippen molar-refractivity contribution < 1.29 is 14.7 Å². The Labute approximate surface area is 102 Å². The monoisotopic (exact) mass is 237 g/mol. The minimum Gasteiger partial charge on any atom is -0.481 e. The second kappa shape index (κ2) is 5.66. The zero-order valence-electron chi connectivity index (χ0n) is 10.3. The lowest BCUT2D eigenvalue weighted by molar-refractivity contribution is -0.149. The third-order valence-corrected chi connectivity index (χ3v) is 2.95. The topological polar surface area (TPSA) is 57.6 Å². The molecule has 1 aliphatic carbocycles. The fourth-order valence-electron chi connectivity index (χ4n) is 2.13. The Morgan fingerprint density at radius 3 is 2.35 bits per heavy atom. The molecule has 0 fully saturated rings. The van der Waals surface area contributed by atoms with E-state index in [0.29, 0.717) is 19.4 Å². The van der Waals surface area contributed by atoms with Crippen LogP contribution in [-0.4, -0.2) is 35.5 Å². The number of rotatable bonds is 4. The van der Waals surface area contributed by atoms with Crippen LogP contribution < -0.4 is 0 Å². The summed E-state index contributed by atoms with van der Waals surface area (Å²) in [4.78, 5) is 24.8. The fraction of sp³-hybridized carbons (Fsp3) is 0.538. The summed E-state index contributed by atoms with van der Waals surface area (Å²) in [6.45, 7) is 6.08. The summed E-state index contributed by atoms with van der Waals surface area (Å²) in [5, 5.41) is 9.10. The lowest BCUT2D eigenvalue weighted by Crippen LogP contribution is -2.40. The Bertz CT molecular complexity index is 360. The summed E-state index contributed by atoms with van der Waals surface area (Å²) >= 11 is 0. The van der Waals surface area contributed by atoms with Crippen molar-refractivity contribution in [1.82, 2.24) is 4.90 Å². The smallest absolute Gasteiger partial charge is 0.307 e. The van der Waals surface area contributed by atoms with Gasteiger partial charge in [-0.15, -0.1) is 0 Å². The van der Waals surface area contributed by atoms with Gasteiger partial charge in [0.05, 0.1) is 11.8 Å². The molecule has 0 spiro atoms. The van der Waals surface area contributed by atoms with Crippen LogP contribution in [0, 0.1) is 11.8 Å². The standard InChI is InChI=1S/C13H19NO3/c1-9(2)8-14(3)12(15)10-6-4-5-7-11(10)13(16)17/h4-5,10-11H,1,6-8H2,2-3H3,(H,16,17)/t10-,11+/m1/s1. The number of hydrogen-bond donors (Lipinski definition) is 1. The van der Waals surface area contributed by atoms with E-state index in [1.54, 1.807) is 11.9 Å². The fourth-order valence-corrected chi connectivity index (χ4v) is 2.13. The molecule has 0 radical (unpaired) electrons. The molecule has 4 nitrogen and oxygen atoms in total. The molecule has 1 N–H and O–H groups in total. The number of hydrogen-bond acceptors (Lipinski definition) is 2. The van der Waals surface area contributed by atoms with Gasteiger partial charge in [-0.2, -0.15) is 0 Å². The molecule has 0 saturated carbocycles. The first-order chi connectivity index (χ1) is 7.93. The zero-order valence-corrected chi connectivity index (χ0v) is 10.3. The van der Waals surface area contributed by atoms with Crippen molar-refractivity contribution in [3.8, 4) is 0 Å². The van der Waals surface area contributed by atoms with Crippen LogP contribution in [0.25, 0.3) is 0 Å². The van der Waals surface area contributed by atoms with Crippen molar-refractivity contribution in [1.29, 1.82) is 0 Å². The maximum atomic E-state index is 12.1. The lowest BCUT2D eigenvalue weighted by Gasteiger charge is -2.28. The van der Waals surface area contributed by atoms with E-state index in [-0.39, 0.29) is 5.91 Å². The van der Waals surface area contributed by atoms with Crippen LogP contribution in [0.5, 0.6) is 0 Å². The van der Waals surface area contributed by atoms with Crippen LogP contribution in [0.3, 0.4) is 0 Å². The summed E-state index contributed by atoms with van der Waals surface area (Å²) in [7, 11) is 1.69. The number of allylic oxidation sites excluding steroid dienone is 2. The van der Waals surface area contributed by atoms with Crippen molar-refractivity contribution in [2.24, 2.45) is 11.8 Å². The van der Waals surface area contributed by atoms with Crippen molar-refractivity contribution >= 4 is 11.9 Å². The van der Waals surface area contributed by atoms with Crippen molar-refractivity contribution in [2.45, 2.75) is 19.8 Å².